The van der Waals surface area contributed by atoms with Crippen molar-refractivity contribution in [3.05, 3.63) is 77.0 Å². The zero-order valence-corrected chi connectivity index (χ0v) is 17.5. The average molecular weight is 443 g/mol. The van der Waals surface area contributed by atoms with E-state index in [2.05, 4.69) is 10.4 Å². The molecule has 0 spiro atoms. The van der Waals surface area contributed by atoms with Gasteiger partial charge in [0.05, 0.1) is 17.8 Å². The number of primary sulfonamides is 1. The van der Waals surface area contributed by atoms with Gasteiger partial charge < -0.3 is 9.73 Å². The van der Waals surface area contributed by atoms with E-state index in [1.165, 1.54) is 6.07 Å². The number of furan rings is 1. The first-order valence-electron chi connectivity index (χ1n) is 8.93. The van der Waals surface area contributed by atoms with Gasteiger partial charge in [-0.05, 0) is 43.3 Å². The quantitative estimate of drug-likeness (QED) is 0.475. The number of rotatable bonds is 6. The SMILES string of the molecule is Cc1ccc(-c2nn(-c3ccccc3)cc2C(=O)NCc2ccc(S(N)(=O)=O)s2)o1. The number of nitrogens with zero attached hydrogens (tertiary/aromatic N) is 2. The van der Waals surface area contributed by atoms with Crippen LogP contribution in [0.4, 0.5) is 0 Å². The van der Waals surface area contributed by atoms with Gasteiger partial charge in [0.15, 0.2) is 5.76 Å². The molecule has 0 saturated heterocycles. The van der Waals surface area contributed by atoms with Crippen molar-refractivity contribution in [3.63, 3.8) is 0 Å². The molecule has 10 heteroatoms. The molecule has 8 nitrogen and oxygen atoms in total. The van der Waals surface area contributed by atoms with Gasteiger partial charge >= 0.3 is 0 Å². The Hall–Kier alpha value is -3.21. The van der Waals surface area contributed by atoms with E-state index in [1.54, 1.807) is 29.1 Å². The fourth-order valence-electron chi connectivity index (χ4n) is 2.87. The summed E-state index contributed by atoms with van der Waals surface area (Å²) in [6.07, 6.45) is 1.64. The van der Waals surface area contributed by atoms with Crippen LogP contribution in [0.5, 0.6) is 0 Å². The van der Waals surface area contributed by atoms with Crippen LogP contribution in [-0.4, -0.2) is 24.1 Å². The van der Waals surface area contributed by atoms with Crippen LogP contribution in [0, 0.1) is 6.92 Å². The number of amides is 1. The van der Waals surface area contributed by atoms with Crippen molar-refractivity contribution in [2.45, 2.75) is 17.7 Å². The zero-order chi connectivity index (χ0) is 21.3. The number of nitrogens with one attached hydrogen (secondary N) is 1. The molecule has 0 aliphatic heterocycles. The van der Waals surface area contributed by atoms with Crippen molar-refractivity contribution in [2.75, 3.05) is 0 Å². The molecule has 30 heavy (non-hydrogen) atoms. The van der Waals surface area contributed by atoms with Gasteiger partial charge in [0.1, 0.15) is 15.7 Å². The van der Waals surface area contributed by atoms with E-state index in [4.69, 9.17) is 9.56 Å². The molecule has 0 radical (unpaired) electrons. The highest BCUT2D eigenvalue weighted by Crippen LogP contribution is 2.26. The van der Waals surface area contributed by atoms with Gasteiger partial charge in [-0.1, -0.05) is 18.2 Å². The smallest absolute Gasteiger partial charge is 0.255 e. The molecular formula is C20H18N4O4S2. The third kappa shape index (κ3) is 4.20. The van der Waals surface area contributed by atoms with Crippen LogP contribution >= 0.6 is 11.3 Å². The predicted molar refractivity (Wildman–Crippen MR) is 113 cm³/mol. The van der Waals surface area contributed by atoms with Gasteiger partial charge in [0.2, 0.25) is 10.0 Å². The molecule has 1 amide bonds. The number of para-hydroxylation sites is 1. The Labute approximate surface area is 177 Å². The third-order valence-electron chi connectivity index (χ3n) is 4.29. The minimum absolute atomic E-state index is 0.0513. The summed E-state index contributed by atoms with van der Waals surface area (Å²) in [6, 6.07) is 16.0. The number of benzene rings is 1. The summed E-state index contributed by atoms with van der Waals surface area (Å²) in [5.41, 5.74) is 1.56. The molecule has 0 fully saturated rings. The van der Waals surface area contributed by atoms with E-state index < -0.39 is 10.0 Å². The maximum atomic E-state index is 12.9. The monoisotopic (exact) mass is 442 g/mol. The average Bonchev–Trinajstić information content (AvgIpc) is 3.45. The van der Waals surface area contributed by atoms with Crippen molar-refractivity contribution in [1.82, 2.24) is 15.1 Å². The standard InChI is InChI=1S/C20H18N4O4S2/c1-13-7-9-17(28-13)19-16(12-24(23-19)14-5-3-2-4-6-14)20(25)22-11-15-8-10-18(29-15)30(21,26)27/h2-10,12H,11H2,1H3,(H,22,25)(H2,21,26,27). The molecule has 1 aromatic carbocycles. The molecule has 3 N–H and O–H groups in total. The fourth-order valence-corrected chi connectivity index (χ4v) is 4.58. The number of aromatic nitrogens is 2. The first kappa shape index (κ1) is 20.1. The van der Waals surface area contributed by atoms with E-state index >= 15 is 0 Å². The second kappa shape index (κ2) is 7.90. The predicted octanol–water partition coefficient (Wildman–Crippen LogP) is 3.08. The van der Waals surface area contributed by atoms with Gasteiger partial charge in [0, 0.05) is 11.1 Å². The molecule has 4 aromatic rings. The van der Waals surface area contributed by atoms with Crippen LogP contribution in [-0.2, 0) is 16.6 Å². The van der Waals surface area contributed by atoms with E-state index in [9.17, 15) is 13.2 Å². The summed E-state index contributed by atoms with van der Waals surface area (Å²) in [5, 5.41) is 12.5. The molecule has 0 atom stereocenters. The van der Waals surface area contributed by atoms with Gasteiger partial charge in [-0.2, -0.15) is 5.10 Å². The molecule has 0 aliphatic rings. The molecule has 4 rings (SSSR count). The van der Waals surface area contributed by atoms with Gasteiger partial charge in [-0.3, -0.25) is 4.79 Å². The van der Waals surface area contributed by atoms with E-state index in [1.807, 2.05) is 37.3 Å². The van der Waals surface area contributed by atoms with Crippen molar-refractivity contribution < 1.29 is 17.6 Å². The highest BCUT2D eigenvalue weighted by molar-refractivity contribution is 7.91. The van der Waals surface area contributed by atoms with Crippen LogP contribution in [0.25, 0.3) is 17.1 Å². The van der Waals surface area contributed by atoms with Crippen LogP contribution in [0.1, 0.15) is 21.0 Å². The Kier molecular flexibility index (Phi) is 5.29. The number of aryl methyl sites for hydroxylation is 1. The second-order valence-corrected chi connectivity index (χ2v) is 9.49. The largest absolute Gasteiger partial charge is 0.460 e. The first-order chi connectivity index (χ1) is 14.3. The lowest BCUT2D eigenvalue weighted by atomic mass is 10.2. The number of thiophene rings is 1. The fraction of sp³-hybridized carbons (Fsp3) is 0.100. The molecule has 154 valence electrons. The summed E-state index contributed by atoms with van der Waals surface area (Å²) in [7, 11) is -3.76. The number of sulfonamides is 1. The Morgan fingerprint density at radius 1 is 1.17 bits per heavy atom. The topological polar surface area (TPSA) is 120 Å². The van der Waals surface area contributed by atoms with Crippen LogP contribution < -0.4 is 10.5 Å². The maximum absolute atomic E-state index is 12.9. The number of nitrogens with two attached hydrogens (primary N) is 1. The molecule has 0 unspecified atom stereocenters. The van der Waals surface area contributed by atoms with Crippen LogP contribution in [0.15, 0.2) is 69.4 Å². The van der Waals surface area contributed by atoms with Crippen molar-refractivity contribution >= 4 is 27.3 Å². The highest BCUT2D eigenvalue weighted by Gasteiger charge is 2.21. The van der Waals surface area contributed by atoms with E-state index in [-0.39, 0.29) is 16.7 Å². The van der Waals surface area contributed by atoms with Crippen molar-refractivity contribution in [2.24, 2.45) is 5.14 Å². The summed E-state index contributed by atoms with van der Waals surface area (Å²) in [6.45, 7) is 1.98. The minimum Gasteiger partial charge on any atom is -0.460 e. The Morgan fingerprint density at radius 3 is 2.57 bits per heavy atom. The summed E-state index contributed by atoms with van der Waals surface area (Å²) in [5.74, 6) is 0.839. The summed E-state index contributed by atoms with van der Waals surface area (Å²) in [4.78, 5) is 13.6. The zero-order valence-electron chi connectivity index (χ0n) is 15.9. The highest BCUT2D eigenvalue weighted by atomic mass is 32.2. The first-order valence-corrected chi connectivity index (χ1v) is 11.3. The maximum Gasteiger partial charge on any atom is 0.255 e. The number of hydrogen-bond acceptors (Lipinski definition) is 6. The molecule has 0 saturated carbocycles. The van der Waals surface area contributed by atoms with Gasteiger partial charge in [-0.25, -0.2) is 18.2 Å². The molecule has 0 aliphatic carbocycles. The number of carbonyl (C=O) groups is 1. The summed E-state index contributed by atoms with van der Waals surface area (Å²) < 4.78 is 30.2. The van der Waals surface area contributed by atoms with E-state index in [0.717, 1.165) is 17.0 Å². The molecule has 0 bridgehead atoms. The Balaban J connectivity index is 1.62. The molecule has 3 heterocycles. The third-order valence-corrected chi connectivity index (χ3v) is 6.82. The van der Waals surface area contributed by atoms with Gasteiger partial charge in [0.25, 0.3) is 5.91 Å². The van der Waals surface area contributed by atoms with Crippen LogP contribution in [0.3, 0.4) is 0 Å². The summed E-state index contributed by atoms with van der Waals surface area (Å²) >= 11 is 1.02. The van der Waals surface area contributed by atoms with Crippen molar-refractivity contribution in [1.29, 1.82) is 0 Å². The second-order valence-electron chi connectivity index (χ2n) is 6.53. The lowest BCUT2D eigenvalue weighted by molar-refractivity contribution is 0.0951. The lowest BCUT2D eigenvalue weighted by Gasteiger charge is -2.03. The van der Waals surface area contributed by atoms with Crippen LogP contribution in [0.2, 0.25) is 0 Å². The van der Waals surface area contributed by atoms with Crippen molar-refractivity contribution in [3.8, 4) is 17.1 Å². The normalized spacial score (nSPS) is 11.5. The lowest BCUT2D eigenvalue weighted by Crippen LogP contribution is -2.22. The number of carbonyl (C=O) groups excluding carboxylic acids is 1. The number of hydrogen-bond donors (Lipinski definition) is 2. The Morgan fingerprint density at radius 2 is 1.93 bits per heavy atom. The Bertz CT molecular complexity index is 1300. The molecule has 3 aromatic heterocycles. The molecular weight excluding hydrogens is 424 g/mol. The van der Waals surface area contributed by atoms with Gasteiger partial charge in [-0.15, -0.1) is 11.3 Å². The minimum atomic E-state index is -3.76. The van der Waals surface area contributed by atoms with E-state index in [0.29, 0.717) is 27.7 Å².